The molecular weight excluding hydrogens is 345 g/mol. The number of benzene rings is 1. The lowest BCUT2D eigenvalue weighted by Gasteiger charge is -2.10. The number of halogens is 3. The summed E-state index contributed by atoms with van der Waals surface area (Å²) in [4.78, 5) is 22.0. The van der Waals surface area contributed by atoms with Gasteiger partial charge in [-0.1, -0.05) is 0 Å². The number of carbonyl (C=O) groups excluding carboxylic acids is 1. The molecule has 1 aromatic carbocycles. The summed E-state index contributed by atoms with van der Waals surface area (Å²) in [5.41, 5.74) is 0.397. The van der Waals surface area contributed by atoms with Crippen molar-refractivity contribution in [2.24, 2.45) is 0 Å². The quantitative estimate of drug-likeness (QED) is 0.632. The van der Waals surface area contributed by atoms with Gasteiger partial charge in [-0.25, -0.2) is 0 Å². The van der Waals surface area contributed by atoms with Crippen molar-refractivity contribution in [1.29, 1.82) is 0 Å². The second-order valence-electron chi connectivity index (χ2n) is 4.99. The minimum atomic E-state index is -4.78. The average Bonchev–Trinajstić information content (AvgIpc) is 2.87. The highest BCUT2D eigenvalue weighted by Gasteiger charge is 2.30. The molecule has 0 saturated heterocycles. The number of nitrogens with zero attached hydrogens (tertiary/aromatic N) is 3. The molecule has 1 N–H and O–H groups in total. The van der Waals surface area contributed by atoms with E-state index in [0.717, 1.165) is 12.1 Å². The molecule has 1 heterocycles. The van der Waals surface area contributed by atoms with Crippen molar-refractivity contribution in [3.8, 4) is 5.75 Å². The van der Waals surface area contributed by atoms with Crippen LogP contribution in [0.4, 0.5) is 24.5 Å². The fourth-order valence-corrected chi connectivity index (χ4v) is 1.98. The van der Waals surface area contributed by atoms with Crippen molar-refractivity contribution < 1.29 is 27.6 Å². The van der Waals surface area contributed by atoms with Gasteiger partial charge in [-0.15, -0.1) is 13.2 Å². The number of anilines is 1. The number of hydrogen-bond acceptors (Lipinski definition) is 5. The predicted octanol–water partition coefficient (Wildman–Crippen LogP) is 3.03. The number of nitrogens with one attached hydrogen (secondary N) is 1. The second-order valence-corrected chi connectivity index (χ2v) is 4.99. The molecule has 1 amide bonds. The molecule has 8 nitrogen and oxygen atoms in total. The van der Waals surface area contributed by atoms with Crippen molar-refractivity contribution >= 4 is 17.3 Å². The van der Waals surface area contributed by atoms with Crippen molar-refractivity contribution in [3.05, 3.63) is 46.3 Å². The van der Waals surface area contributed by atoms with Crippen LogP contribution in [0.2, 0.25) is 0 Å². The third-order valence-corrected chi connectivity index (χ3v) is 3.06. The summed E-state index contributed by atoms with van der Waals surface area (Å²) in [6.45, 7) is 1.61. The third kappa shape index (κ3) is 5.48. The molecule has 11 heteroatoms. The number of ether oxygens (including phenoxy) is 1. The molecule has 0 aliphatic heterocycles. The van der Waals surface area contributed by atoms with Crippen LogP contribution in [0.25, 0.3) is 0 Å². The number of rotatable bonds is 6. The van der Waals surface area contributed by atoms with Crippen molar-refractivity contribution in [1.82, 2.24) is 9.78 Å². The lowest BCUT2D eigenvalue weighted by Crippen LogP contribution is -2.17. The van der Waals surface area contributed by atoms with Gasteiger partial charge in [-0.2, -0.15) is 5.10 Å². The van der Waals surface area contributed by atoms with Gasteiger partial charge in [-0.3, -0.25) is 19.6 Å². The molecule has 2 rings (SSSR count). The van der Waals surface area contributed by atoms with Gasteiger partial charge in [0.25, 0.3) is 0 Å². The van der Waals surface area contributed by atoms with Crippen LogP contribution in [0.3, 0.4) is 0 Å². The summed E-state index contributed by atoms with van der Waals surface area (Å²) in [6.07, 6.45) is -3.57. The molecule has 0 fully saturated rings. The monoisotopic (exact) mass is 358 g/mol. The highest BCUT2D eigenvalue weighted by atomic mass is 19.4. The topological polar surface area (TPSA) is 99.3 Å². The van der Waals surface area contributed by atoms with E-state index in [1.165, 1.54) is 29.9 Å². The zero-order chi connectivity index (χ0) is 18.6. The lowest BCUT2D eigenvalue weighted by atomic mass is 10.3. The first-order chi connectivity index (χ1) is 11.6. The molecule has 0 aliphatic rings. The van der Waals surface area contributed by atoms with E-state index >= 15 is 0 Å². The Hall–Kier alpha value is -3.11. The maximum Gasteiger partial charge on any atom is 0.573 e. The smallest absolute Gasteiger partial charge is 0.406 e. The Balaban J connectivity index is 1.88. The first-order valence-corrected chi connectivity index (χ1v) is 6.98. The minimum Gasteiger partial charge on any atom is -0.406 e. The van der Waals surface area contributed by atoms with Gasteiger partial charge >= 0.3 is 12.0 Å². The number of aryl methyl sites for hydroxylation is 2. The summed E-state index contributed by atoms with van der Waals surface area (Å²) in [6, 6.07) is 4.68. The van der Waals surface area contributed by atoms with Crippen LogP contribution in [0.15, 0.2) is 30.5 Å². The normalized spacial score (nSPS) is 11.2. The van der Waals surface area contributed by atoms with E-state index in [2.05, 4.69) is 15.2 Å². The number of alkyl halides is 3. The number of amides is 1. The van der Waals surface area contributed by atoms with Gasteiger partial charge in [-0.05, 0) is 31.2 Å². The molecule has 25 heavy (non-hydrogen) atoms. The van der Waals surface area contributed by atoms with Gasteiger partial charge in [0.2, 0.25) is 5.91 Å². The number of aromatic nitrogens is 2. The summed E-state index contributed by atoms with van der Waals surface area (Å²) >= 11 is 0. The molecular formula is C14H13F3N4O4. The van der Waals surface area contributed by atoms with E-state index < -0.39 is 22.9 Å². The molecule has 0 saturated carbocycles. The standard InChI is InChI=1S/C14H13F3N4O4/c1-9-12(21(23)24)8-20(19-9)7-6-13(22)18-10-2-4-11(5-3-10)25-14(15,16)17/h2-5,8H,6-7H2,1H3,(H,18,22). The lowest BCUT2D eigenvalue weighted by molar-refractivity contribution is -0.385. The number of hydrogen-bond donors (Lipinski definition) is 1. The first kappa shape index (κ1) is 18.2. The van der Waals surface area contributed by atoms with Crippen LogP contribution in [-0.4, -0.2) is 27.0 Å². The Morgan fingerprint density at radius 1 is 1.36 bits per heavy atom. The van der Waals surface area contributed by atoms with E-state index in [9.17, 15) is 28.1 Å². The van der Waals surface area contributed by atoms with Crippen LogP contribution in [0.1, 0.15) is 12.1 Å². The summed E-state index contributed by atoms with van der Waals surface area (Å²) in [7, 11) is 0. The first-order valence-electron chi connectivity index (χ1n) is 6.98. The second kappa shape index (κ2) is 7.20. The minimum absolute atomic E-state index is 0.0148. The van der Waals surface area contributed by atoms with Crippen molar-refractivity contribution in [3.63, 3.8) is 0 Å². The van der Waals surface area contributed by atoms with E-state index in [-0.39, 0.29) is 24.3 Å². The zero-order valence-electron chi connectivity index (χ0n) is 12.9. The molecule has 0 radical (unpaired) electrons. The highest BCUT2D eigenvalue weighted by molar-refractivity contribution is 5.90. The zero-order valence-corrected chi connectivity index (χ0v) is 12.9. The van der Waals surface area contributed by atoms with Crippen LogP contribution < -0.4 is 10.1 Å². The SMILES string of the molecule is Cc1nn(CCC(=O)Nc2ccc(OC(F)(F)F)cc2)cc1[N+](=O)[O-]. The fourth-order valence-electron chi connectivity index (χ4n) is 1.98. The van der Waals surface area contributed by atoms with E-state index in [0.29, 0.717) is 5.69 Å². The molecule has 0 bridgehead atoms. The Morgan fingerprint density at radius 3 is 2.52 bits per heavy atom. The molecule has 0 atom stereocenters. The molecule has 134 valence electrons. The van der Waals surface area contributed by atoms with Crippen LogP contribution >= 0.6 is 0 Å². The Morgan fingerprint density at radius 2 is 2.00 bits per heavy atom. The maximum absolute atomic E-state index is 12.1. The summed E-state index contributed by atoms with van der Waals surface area (Å²) < 4.78 is 41.2. The van der Waals surface area contributed by atoms with E-state index in [1.54, 1.807) is 0 Å². The average molecular weight is 358 g/mol. The van der Waals surface area contributed by atoms with Crippen LogP contribution in [0, 0.1) is 17.0 Å². The highest BCUT2D eigenvalue weighted by Crippen LogP contribution is 2.24. The van der Waals surface area contributed by atoms with Crippen LogP contribution in [-0.2, 0) is 11.3 Å². The van der Waals surface area contributed by atoms with E-state index in [4.69, 9.17) is 0 Å². The summed E-state index contributed by atoms with van der Waals surface area (Å²) in [5, 5.41) is 17.1. The largest absolute Gasteiger partial charge is 0.573 e. The molecule has 0 spiro atoms. The molecule has 2 aromatic rings. The fraction of sp³-hybridized carbons (Fsp3) is 0.286. The van der Waals surface area contributed by atoms with Gasteiger partial charge in [0.1, 0.15) is 17.6 Å². The number of nitro groups is 1. The van der Waals surface area contributed by atoms with Crippen molar-refractivity contribution in [2.75, 3.05) is 5.32 Å². The van der Waals surface area contributed by atoms with Gasteiger partial charge in [0.05, 0.1) is 4.92 Å². The van der Waals surface area contributed by atoms with E-state index in [1.807, 2.05) is 0 Å². The Labute approximate surface area is 139 Å². The summed E-state index contributed by atoms with van der Waals surface area (Å²) in [5.74, 6) is -0.815. The van der Waals surface area contributed by atoms with Gasteiger partial charge in [0.15, 0.2) is 0 Å². The Kier molecular flexibility index (Phi) is 5.25. The third-order valence-electron chi connectivity index (χ3n) is 3.06. The molecule has 0 aliphatic carbocycles. The van der Waals surface area contributed by atoms with Crippen molar-refractivity contribution in [2.45, 2.75) is 26.3 Å². The van der Waals surface area contributed by atoms with Gasteiger partial charge in [0, 0.05) is 18.7 Å². The predicted molar refractivity (Wildman–Crippen MR) is 80.0 cm³/mol. The molecule has 0 unspecified atom stereocenters. The van der Waals surface area contributed by atoms with Crippen LogP contribution in [0.5, 0.6) is 5.75 Å². The Bertz CT molecular complexity index is 771. The maximum atomic E-state index is 12.1. The van der Waals surface area contributed by atoms with Gasteiger partial charge < -0.3 is 10.1 Å². The molecule has 1 aromatic heterocycles. The number of carbonyl (C=O) groups is 1.